The van der Waals surface area contributed by atoms with Gasteiger partial charge in [0.2, 0.25) is 15.9 Å². The monoisotopic (exact) mass is 425 g/mol. The van der Waals surface area contributed by atoms with Crippen LogP contribution in [0.4, 0.5) is 5.69 Å². The SMILES string of the molecule is CCCNS(=O)(=O)c1ccc(NC(=S)NC(=O)Cc2ccc(Cl)cc2)cc1. The first-order valence-electron chi connectivity index (χ1n) is 8.25. The topological polar surface area (TPSA) is 87.3 Å². The highest BCUT2D eigenvalue weighted by Gasteiger charge is 2.13. The number of sulfonamides is 1. The van der Waals surface area contributed by atoms with Crippen molar-refractivity contribution in [2.45, 2.75) is 24.7 Å². The van der Waals surface area contributed by atoms with Gasteiger partial charge >= 0.3 is 0 Å². The summed E-state index contributed by atoms with van der Waals surface area (Å²) in [6.07, 6.45) is 0.877. The fourth-order valence-corrected chi connectivity index (χ4v) is 3.65. The Morgan fingerprint density at radius 3 is 2.30 bits per heavy atom. The quantitative estimate of drug-likeness (QED) is 0.593. The van der Waals surface area contributed by atoms with Crippen LogP contribution in [0.2, 0.25) is 5.02 Å². The zero-order valence-corrected chi connectivity index (χ0v) is 17.0. The molecule has 0 atom stereocenters. The molecule has 2 aromatic rings. The zero-order chi connectivity index (χ0) is 19.9. The first-order valence-corrected chi connectivity index (χ1v) is 10.5. The lowest BCUT2D eigenvalue weighted by atomic mass is 10.1. The van der Waals surface area contributed by atoms with Gasteiger partial charge in [-0.05, 0) is 60.6 Å². The minimum Gasteiger partial charge on any atom is -0.332 e. The van der Waals surface area contributed by atoms with Crippen LogP contribution in [-0.2, 0) is 21.2 Å². The number of halogens is 1. The van der Waals surface area contributed by atoms with E-state index < -0.39 is 10.0 Å². The van der Waals surface area contributed by atoms with E-state index in [1.165, 1.54) is 12.1 Å². The van der Waals surface area contributed by atoms with E-state index in [4.69, 9.17) is 23.8 Å². The van der Waals surface area contributed by atoms with Gasteiger partial charge in [0.1, 0.15) is 0 Å². The molecule has 0 aliphatic heterocycles. The molecule has 0 saturated heterocycles. The molecule has 27 heavy (non-hydrogen) atoms. The van der Waals surface area contributed by atoms with Crippen molar-refractivity contribution < 1.29 is 13.2 Å². The van der Waals surface area contributed by atoms with Crippen molar-refractivity contribution in [2.75, 3.05) is 11.9 Å². The van der Waals surface area contributed by atoms with E-state index in [1.807, 2.05) is 6.92 Å². The predicted octanol–water partition coefficient (Wildman–Crippen LogP) is 3.08. The van der Waals surface area contributed by atoms with Gasteiger partial charge in [0.25, 0.3) is 0 Å². The molecule has 0 bridgehead atoms. The van der Waals surface area contributed by atoms with Crippen molar-refractivity contribution in [1.29, 1.82) is 0 Å². The maximum Gasteiger partial charge on any atom is 0.240 e. The van der Waals surface area contributed by atoms with Gasteiger partial charge in [-0.25, -0.2) is 13.1 Å². The minimum atomic E-state index is -3.51. The Morgan fingerprint density at radius 2 is 1.70 bits per heavy atom. The van der Waals surface area contributed by atoms with Crippen molar-refractivity contribution >= 4 is 50.5 Å². The van der Waals surface area contributed by atoms with Crippen LogP contribution >= 0.6 is 23.8 Å². The highest BCUT2D eigenvalue weighted by atomic mass is 35.5. The number of hydrogen-bond acceptors (Lipinski definition) is 4. The molecule has 0 fully saturated rings. The highest BCUT2D eigenvalue weighted by Crippen LogP contribution is 2.14. The molecule has 2 rings (SSSR count). The maximum atomic E-state index is 12.0. The van der Waals surface area contributed by atoms with Crippen LogP contribution < -0.4 is 15.4 Å². The van der Waals surface area contributed by atoms with E-state index in [1.54, 1.807) is 36.4 Å². The molecule has 0 saturated carbocycles. The first kappa shape index (κ1) is 21.3. The average Bonchev–Trinajstić information content (AvgIpc) is 2.62. The van der Waals surface area contributed by atoms with Crippen molar-refractivity contribution in [1.82, 2.24) is 10.0 Å². The first-order chi connectivity index (χ1) is 12.8. The summed E-state index contributed by atoms with van der Waals surface area (Å²) in [6, 6.07) is 13.1. The molecular formula is C18H20ClN3O3S2. The molecule has 9 heteroatoms. The van der Waals surface area contributed by atoms with Gasteiger partial charge in [0.05, 0.1) is 11.3 Å². The smallest absolute Gasteiger partial charge is 0.240 e. The third-order valence-corrected chi connectivity index (χ3v) is 5.43. The van der Waals surface area contributed by atoms with E-state index >= 15 is 0 Å². The molecular weight excluding hydrogens is 406 g/mol. The molecule has 0 aromatic heterocycles. The Labute approximate surface area is 169 Å². The van der Waals surface area contributed by atoms with Gasteiger partial charge in [-0.2, -0.15) is 0 Å². The van der Waals surface area contributed by atoms with Gasteiger partial charge in [-0.15, -0.1) is 0 Å². The second-order valence-electron chi connectivity index (χ2n) is 5.73. The fraction of sp³-hybridized carbons (Fsp3) is 0.222. The summed E-state index contributed by atoms with van der Waals surface area (Å²) in [5.74, 6) is -0.266. The lowest BCUT2D eigenvalue weighted by molar-refractivity contribution is -0.119. The van der Waals surface area contributed by atoms with E-state index in [0.717, 1.165) is 5.56 Å². The van der Waals surface area contributed by atoms with Gasteiger partial charge in [-0.3, -0.25) is 4.79 Å². The molecule has 144 valence electrons. The van der Waals surface area contributed by atoms with Crippen LogP contribution in [0.1, 0.15) is 18.9 Å². The van der Waals surface area contributed by atoms with Crippen LogP contribution in [0.25, 0.3) is 0 Å². The Balaban J connectivity index is 1.89. The maximum absolute atomic E-state index is 12.0. The number of nitrogens with one attached hydrogen (secondary N) is 3. The Morgan fingerprint density at radius 1 is 1.07 bits per heavy atom. The highest BCUT2D eigenvalue weighted by molar-refractivity contribution is 7.89. The Kier molecular flexibility index (Phi) is 7.73. The third-order valence-electron chi connectivity index (χ3n) is 3.50. The van der Waals surface area contributed by atoms with E-state index in [9.17, 15) is 13.2 Å². The molecule has 0 spiro atoms. The zero-order valence-electron chi connectivity index (χ0n) is 14.7. The van der Waals surface area contributed by atoms with Gasteiger partial charge in [0.15, 0.2) is 5.11 Å². The predicted molar refractivity (Wildman–Crippen MR) is 111 cm³/mol. The van der Waals surface area contributed by atoms with Crippen molar-refractivity contribution in [3.8, 4) is 0 Å². The number of thiocarbonyl (C=S) groups is 1. The average molecular weight is 426 g/mol. The van der Waals surface area contributed by atoms with Gasteiger partial charge in [0, 0.05) is 17.3 Å². The molecule has 6 nitrogen and oxygen atoms in total. The summed E-state index contributed by atoms with van der Waals surface area (Å²) in [5.41, 5.74) is 1.38. The number of carbonyl (C=O) groups excluding carboxylic acids is 1. The number of carbonyl (C=O) groups is 1. The molecule has 1 amide bonds. The summed E-state index contributed by atoms with van der Waals surface area (Å²) in [6.45, 7) is 2.27. The fourth-order valence-electron chi connectivity index (χ4n) is 2.16. The molecule has 0 aliphatic rings. The number of anilines is 1. The third kappa shape index (κ3) is 6.91. The summed E-state index contributed by atoms with van der Waals surface area (Å²) in [7, 11) is -3.51. The van der Waals surface area contributed by atoms with Gasteiger partial charge in [-0.1, -0.05) is 30.7 Å². The lowest BCUT2D eigenvalue weighted by Gasteiger charge is -2.11. The second kappa shape index (κ2) is 9.80. The molecule has 2 aromatic carbocycles. The van der Waals surface area contributed by atoms with E-state index in [2.05, 4.69) is 15.4 Å². The molecule has 3 N–H and O–H groups in total. The van der Waals surface area contributed by atoms with Crippen LogP contribution in [0.5, 0.6) is 0 Å². The van der Waals surface area contributed by atoms with Crippen LogP contribution in [0.15, 0.2) is 53.4 Å². The van der Waals surface area contributed by atoms with Gasteiger partial charge < -0.3 is 10.6 Å². The lowest BCUT2D eigenvalue weighted by Crippen LogP contribution is -2.35. The number of benzene rings is 2. The van der Waals surface area contributed by atoms with Crippen LogP contribution in [0.3, 0.4) is 0 Å². The molecule has 0 heterocycles. The normalized spacial score (nSPS) is 11.0. The van der Waals surface area contributed by atoms with E-state index in [0.29, 0.717) is 23.7 Å². The standard InChI is InChI=1S/C18H20ClN3O3S2/c1-2-11-20-27(24,25)16-9-7-15(8-10-16)21-18(26)22-17(23)12-13-3-5-14(19)6-4-13/h3-10,20H,2,11-12H2,1H3,(H2,21,22,23,26). The Hall–Kier alpha value is -2.00. The molecule has 0 aliphatic carbocycles. The van der Waals surface area contributed by atoms with Crippen LogP contribution in [-0.4, -0.2) is 26.0 Å². The number of hydrogen-bond donors (Lipinski definition) is 3. The minimum absolute atomic E-state index is 0.133. The van der Waals surface area contributed by atoms with Crippen LogP contribution in [0, 0.1) is 0 Å². The van der Waals surface area contributed by atoms with E-state index in [-0.39, 0.29) is 22.3 Å². The summed E-state index contributed by atoms with van der Waals surface area (Å²) in [5, 5.41) is 6.17. The molecule has 0 unspecified atom stereocenters. The summed E-state index contributed by atoms with van der Waals surface area (Å²) in [4.78, 5) is 12.2. The Bertz CT molecular complexity index is 898. The van der Waals surface area contributed by atoms with Crippen molar-refractivity contribution in [3.63, 3.8) is 0 Å². The summed E-state index contributed by atoms with van der Waals surface area (Å²) >= 11 is 10.9. The number of rotatable bonds is 7. The molecule has 0 radical (unpaired) electrons. The van der Waals surface area contributed by atoms with Crippen molar-refractivity contribution in [2.24, 2.45) is 0 Å². The largest absolute Gasteiger partial charge is 0.332 e. The second-order valence-corrected chi connectivity index (χ2v) is 8.34. The summed E-state index contributed by atoms with van der Waals surface area (Å²) < 4.78 is 26.6. The van der Waals surface area contributed by atoms with Crippen molar-refractivity contribution in [3.05, 3.63) is 59.1 Å². The number of amides is 1.